The molecule has 1 aliphatic heterocycles. The first-order chi connectivity index (χ1) is 9.54. The molecule has 1 atom stereocenters. The van der Waals surface area contributed by atoms with Gasteiger partial charge in [-0.1, -0.05) is 13.8 Å². The molecular weight excluding hydrogens is 274 g/mol. The summed E-state index contributed by atoms with van der Waals surface area (Å²) < 4.78 is 5.14. The van der Waals surface area contributed by atoms with Crippen molar-refractivity contribution >= 4 is 18.0 Å². The first-order valence-corrected chi connectivity index (χ1v) is 7.14. The van der Waals surface area contributed by atoms with Crippen LogP contribution < -0.4 is 16.0 Å². The van der Waals surface area contributed by atoms with Gasteiger partial charge in [0.15, 0.2) is 0 Å². The van der Waals surface area contributed by atoms with Gasteiger partial charge >= 0.3 is 12.1 Å². The summed E-state index contributed by atoms with van der Waals surface area (Å²) in [6, 6.07) is -0.533. The third-order valence-electron chi connectivity index (χ3n) is 3.10. The lowest BCUT2D eigenvalue weighted by Gasteiger charge is -2.28. The highest BCUT2D eigenvalue weighted by Gasteiger charge is 2.46. The number of amides is 4. The summed E-state index contributed by atoms with van der Waals surface area (Å²) in [4.78, 5) is 35.1. The Morgan fingerprint density at radius 2 is 1.95 bits per heavy atom. The molecule has 4 amide bonds. The van der Waals surface area contributed by atoms with Crippen LogP contribution in [-0.4, -0.2) is 35.7 Å². The van der Waals surface area contributed by atoms with Crippen molar-refractivity contribution < 1.29 is 19.1 Å². The van der Waals surface area contributed by atoms with Gasteiger partial charge < -0.3 is 15.4 Å². The van der Waals surface area contributed by atoms with Gasteiger partial charge in [0.1, 0.15) is 11.1 Å². The maximum atomic E-state index is 12.0. The van der Waals surface area contributed by atoms with E-state index in [9.17, 15) is 14.4 Å². The van der Waals surface area contributed by atoms with Crippen LogP contribution in [0, 0.1) is 5.92 Å². The molecule has 0 radical (unpaired) electrons. The summed E-state index contributed by atoms with van der Waals surface area (Å²) in [6.45, 7) is 9.33. The standard InChI is InChI=1S/C14H25N3O4/c1-9(2)6-7-14(10(18)16-11(19)17-14)8-15-12(20)21-13(3,4)5/h9H,6-8H2,1-5H3,(H,15,20)(H2,16,17,18,19). The Balaban J connectivity index is 2.68. The third kappa shape index (κ3) is 5.24. The van der Waals surface area contributed by atoms with Gasteiger partial charge in [-0.15, -0.1) is 0 Å². The molecule has 0 saturated carbocycles. The number of urea groups is 1. The van der Waals surface area contributed by atoms with Crippen LogP contribution in [0.1, 0.15) is 47.5 Å². The van der Waals surface area contributed by atoms with Crippen molar-refractivity contribution in [1.82, 2.24) is 16.0 Å². The Labute approximate surface area is 125 Å². The van der Waals surface area contributed by atoms with Crippen molar-refractivity contribution in [2.24, 2.45) is 5.92 Å². The first kappa shape index (κ1) is 17.3. The van der Waals surface area contributed by atoms with E-state index in [1.165, 1.54) is 0 Å². The number of ether oxygens (including phenoxy) is 1. The number of alkyl carbamates (subject to hydrolysis) is 1. The van der Waals surface area contributed by atoms with E-state index in [1.54, 1.807) is 20.8 Å². The number of hydrogen-bond acceptors (Lipinski definition) is 4. The van der Waals surface area contributed by atoms with E-state index in [1.807, 2.05) is 13.8 Å². The van der Waals surface area contributed by atoms with Gasteiger partial charge in [-0.25, -0.2) is 9.59 Å². The van der Waals surface area contributed by atoms with Crippen LogP contribution in [0.5, 0.6) is 0 Å². The largest absolute Gasteiger partial charge is 0.444 e. The summed E-state index contributed by atoms with van der Waals surface area (Å²) in [6.07, 6.45) is 0.599. The van der Waals surface area contributed by atoms with Crippen molar-refractivity contribution in [3.8, 4) is 0 Å². The normalized spacial score (nSPS) is 22.0. The number of imide groups is 1. The summed E-state index contributed by atoms with van der Waals surface area (Å²) >= 11 is 0. The van der Waals surface area contributed by atoms with Crippen LogP contribution in [0.25, 0.3) is 0 Å². The van der Waals surface area contributed by atoms with Gasteiger partial charge in [0, 0.05) is 0 Å². The number of hydrogen-bond donors (Lipinski definition) is 3. The van der Waals surface area contributed by atoms with Crippen molar-refractivity contribution in [3.05, 3.63) is 0 Å². The highest BCUT2D eigenvalue weighted by atomic mass is 16.6. The van der Waals surface area contributed by atoms with Crippen molar-refractivity contribution in [2.75, 3.05) is 6.54 Å². The lowest BCUT2D eigenvalue weighted by atomic mass is 9.90. The van der Waals surface area contributed by atoms with E-state index < -0.39 is 29.2 Å². The molecule has 0 aliphatic carbocycles. The fourth-order valence-electron chi connectivity index (χ4n) is 1.99. The molecule has 1 rings (SSSR count). The molecular formula is C14H25N3O4. The second-order valence-corrected chi connectivity index (χ2v) is 6.78. The Bertz CT molecular complexity index is 428. The van der Waals surface area contributed by atoms with E-state index in [0.717, 1.165) is 6.42 Å². The van der Waals surface area contributed by atoms with Gasteiger partial charge in [0.05, 0.1) is 6.54 Å². The number of nitrogens with one attached hydrogen (secondary N) is 3. The van der Waals surface area contributed by atoms with Gasteiger partial charge in [0.2, 0.25) is 0 Å². The summed E-state index contributed by atoms with van der Waals surface area (Å²) in [5, 5.41) is 7.40. The van der Waals surface area contributed by atoms with Crippen LogP contribution in [-0.2, 0) is 9.53 Å². The molecule has 1 aliphatic rings. The second-order valence-electron chi connectivity index (χ2n) is 6.78. The number of rotatable bonds is 5. The first-order valence-electron chi connectivity index (χ1n) is 7.14. The van der Waals surface area contributed by atoms with Gasteiger partial charge in [-0.3, -0.25) is 10.1 Å². The Hall–Kier alpha value is -1.79. The minimum atomic E-state index is -1.10. The van der Waals surface area contributed by atoms with Crippen LogP contribution in [0.2, 0.25) is 0 Å². The fraction of sp³-hybridized carbons (Fsp3) is 0.786. The quantitative estimate of drug-likeness (QED) is 0.671. The topological polar surface area (TPSA) is 96.5 Å². The van der Waals surface area contributed by atoms with Crippen molar-refractivity contribution in [2.45, 2.75) is 58.6 Å². The van der Waals surface area contributed by atoms with Crippen LogP contribution >= 0.6 is 0 Å². The van der Waals surface area contributed by atoms with Gasteiger partial charge in [-0.05, 0) is 39.5 Å². The monoisotopic (exact) mass is 299 g/mol. The van der Waals surface area contributed by atoms with Crippen LogP contribution in [0.3, 0.4) is 0 Å². The smallest absolute Gasteiger partial charge is 0.407 e. The summed E-state index contributed by atoms with van der Waals surface area (Å²) in [7, 11) is 0. The molecule has 1 fully saturated rings. The van der Waals surface area contributed by atoms with Gasteiger partial charge in [-0.2, -0.15) is 0 Å². The molecule has 0 aromatic carbocycles. The third-order valence-corrected chi connectivity index (χ3v) is 3.10. The maximum absolute atomic E-state index is 12.0. The molecule has 0 bridgehead atoms. The number of carbonyl (C=O) groups is 3. The Morgan fingerprint density at radius 3 is 2.38 bits per heavy atom. The Kier molecular flexibility index (Phi) is 5.20. The molecule has 0 aromatic heterocycles. The lowest BCUT2D eigenvalue weighted by Crippen LogP contribution is -2.55. The molecule has 0 spiro atoms. The minimum absolute atomic E-state index is 0.00616. The molecule has 3 N–H and O–H groups in total. The fourth-order valence-corrected chi connectivity index (χ4v) is 1.99. The zero-order chi connectivity index (χ0) is 16.3. The predicted octanol–water partition coefficient (Wildman–Crippen LogP) is 1.53. The summed E-state index contributed by atoms with van der Waals surface area (Å²) in [5.41, 5.74) is -1.71. The predicted molar refractivity (Wildman–Crippen MR) is 77.7 cm³/mol. The van der Waals surface area contributed by atoms with Crippen LogP contribution in [0.15, 0.2) is 0 Å². The number of carbonyl (C=O) groups excluding carboxylic acids is 3. The zero-order valence-corrected chi connectivity index (χ0v) is 13.3. The molecule has 0 aromatic rings. The molecule has 1 unspecified atom stereocenters. The molecule has 1 saturated heterocycles. The minimum Gasteiger partial charge on any atom is -0.444 e. The van der Waals surface area contributed by atoms with Crippen molar-refractivity contribution in [3.63, 3.8) is 0 Å². The summed E-state index contributed by atoms with van der Waals surface area (Å²) in [5.74, 6) is -0.0297. The lowest BCUT2D eigenvalue weighted by molar-refractivity contribution is -0.124. The molecule has 7 heteroatoms. The van der Waals surface area contributed by atoms with E-state index in [0.29, 0.717) is 12.3 Å². The van der Waals surface area contributed by atoms with Crippen molar-refractivity contribution in [1.29, 1.82) is 0 Å². The van der Waals surface area contributed by atoms with E-state index in [-0.39, 0.29) is 6.54 Å². The van der Waals surface area contributed by atoms with Crippen LogP contribution in [0.4, 0.5) is 9.59 Å². The molecule has 120 valence electrons. The second kappa shape index (κ2) is 6.32. The SMILES string of the molecule is CC(C)CCC1(CNC(=O)OC(C)(C)C)NC(=O)NC1=O. The average molecular weight is 299 g/mol. The molecule has 7 nitrogen and oxygen atoms in total. The average Bonchev–Trinajstić information content (AvgIpc) is 2.57. The van der Waals surface area contributed by atoms with Gasteiger partial charge in [0.25, 0.3) is 5.91 Å². The van der Waals surface area contributed by atoms with E-state index in [4.69, 9.17) is 4.74 Å². The highest BCUT2D eigenvalue weighted by molar-refractivity contribution is 6.07. The molecule has 21 heavy (non-hydrogen) atoms. The maximum Gasteiger partial charge on any atom is 0.407 e. The Morgan fingerprint density at radius 1 is 1.33 bits per heavy atom. The van der Waals surface area contributed by atoms with E-state index >= 15 is 0 Å². The molecule has 1 heterocycles. The zero-order valence-electron chi connectivity index (χ0n) is 13.3. The van der Waals surface area contributed by atoms with E-state index in [2.05, 4.69) is 16.0 Å². The highest BCUT2D eigenvalue weighted by Crippen LogP contribution is 2.20.